The van der Waals surface area contributed by atoms with Crippen LogP contribution in [-0.4, -0.2) is 29.5 Å². The zero-order valence-electron chi connectivity index (χ0n) is 9.86. The van der Waals surface area contributed by atoms with E-state index in [4.69, 9.17) is 0 Å². The third-order valence-corrected chi connectivity index (χ3v) is 4.22. The summed E-state index contributed by atoms with van der Waals surface area (Å²) in [7, 11) is -3.61. The van der Waals surface area contributed by atoms with Gasteiger partial charge in [-0.1, -0.05) is 29.5 Å². The molecule has 2 rings (SSSR count). The number of nitrogens with one attached hydrogen (secondary N) is 1. The summed E-state index contributed by atoms with van der Waals surface area (Å²) in [4.78, 5) is 2.60. The number of rotatable bonds is 4. The average Bonchev–Trinajstić information content (AvgIpc) is 2.76. The Morgan fingerprint density at radius 1 is 1.28 bits per heavy atom. The van der Waals surface area contributed by atoms with Gasteiger partial charge in [0.2, 0.25) is 5.16 Å². The molecule has 0 saturated carbocycles. The highest BCUT2D eigenvalue weighted by atomic mass is 32.2. The molecule has 0 atom stereocenters. The molecule has 1 aromatic carbocycles. The number of hydrogen-bond donors (Lipinski definition) is 1. The highest BCUT2D eigenvalue weighted by molar-refractivity contribution is 7.98. The minimum absolute atomic E-state index is 0.203. The SMILES string of the molecule is CSc1nncn1NS(=O)(=O)c1ccc(C)cc1. The van der Waals surface area contributed by atoms with Crippen LogP contribution in [-0.2, 0) is 10.0 Å². The second-order valence-corrected chi connectivity index (χ2v) is 6.03. The van der Waals surface area contributed by atoms with Gasteiger partial charge in [0.05, 0.1) is 4.90 Å². The first kappa shape index (κ1) is 12.9. The molecule has 1 heterocycles. The van der Waals surface area contributed by atoms with E-state index in [0.29, 0.717) is 5.16 Å². The Labute approximate surface area is 109 Å². The van der Waals surface area contributed by atoms with E-state index < -0.39 is 10.0 Å². The maximum absolute atomic E-state index is 12.1. The molecule has 96 valence electrons. The highest BCUT2D eigenvalue weighted by Crippen LogP contribution is 2.13. The van der Waals surface area contributed by atoms with Gasteiger partial charge in [0.25, 0.3) is 10.0 Å². The van der Waals surface area contributed by atoms with Crippen LogP contribution in [0, 0.1) is 6.92 Å². The predicted molar refractivity (Wildman–Crippen MR) is 69.5 cm³/mol. The monoisotopic (exact) mass is 284 g/mol. The average molecular weight is 284 g/mol. The zero-order valence-corrected chi connectivity index (χ0v) is 11.5. The normalized spacial score (nSPS) is 11.4. The molecule has 0 radical (unpaired) electrons. The summed E-state index contributed by atoms with van der Waals surface area (Å²) >= 11 is 1.30. The first-order chi connectivity index (χ1) is 8.53. The van der Waals surface area contributed by atoms with Crippen LogP contribution in [0.3, 0.4) is 0 Å². The van der Waals surface area contributed by atoms with Crippen molar-refractivity contribution in [3.8, 4) is 0 Å². The molecule has 8 heteroatoms. The Kier molecular flexibility index (Phi) is 3.58. The molecule has 0 saturated heterocycles. The molecule has 0 aliphatic heterocycles. The molecule has 1 aromatic heterocycles. The highest BCUT2D eigenvalue weighted by Gasteiger charge is 2.15. The van der Waals surface area contributed by atoms with Crippen LogP contribution in [0.15, 0.2) is 40.6 Å². The van der Waals surface area contributed by atoms with Crippen LogP contribution in [0.2, 0.25) is 0 Å². The number of benzene rings is 1. The standard InChI is InChI=1S/C10H12N4O2S2/c1-8-3-5-9(6-4-8)18(15,16)13-14-7-11-12-10(14)17-2/h3-7,13H,1-2H3. The summed E-state index contributed by atoms with van der Waals surface area (Å²) < 4.78 is 25.4. The smallest absolute Gasteiger partial charge is 0.213 e. The van der Waals surface area contributed by atoms with Crippen molar-refractivity contribution in [3.05, 3.63) is 36.2 Å². The van der Waals surface area contributed by atoms with Gasteiger partial charge in [-0.2, -0.15) is 8.42 Å². The lowest BCUT2D eigenvalue weighted by molar-refractivity contribution is 0.593. The number of nitrogens with zero attached hydrogens (tertiary/aromatic N) is 3. The van der Waals surface area contributed by atoms with Crippen molar-refractivity contribution in [1.29, 1.82) is 0 Å². The summed E-state index contributed by atoms with van der Waals surface area (Å²) in [6.07, 6.45) is 3.11. The first-order valence-corrected chi connectivity index (χ1v) is 7.77. The van der Waals surface area contributed by atoms with Gasteiger partial charge < -0.3 is 0 Å². The van der Waals surface area contributed by atoms with Gasteiger partial charge in [0, 0.05) is 0 Å². The quantitative estimate of drug-likeness (QED) is 0.855. The Hall–Kier alpha value is -1.54. The summed E-state index contributed by atoms with van der Waals surface area (Å²) in [6.45, 7) is 1.90. The van der Waals surface area contributed by atoms with E-state index >= 15 is 0 Å². The van der Waals surface area contributed by atoms with Crippen LogP contribution in [0.5, 0.6) is 0 Å². The Bertz CT molecular complexity index is 634. The second kappa shape index (κ2) is 4.99. The van der Waals surface area contributed by atoms with Gasteiger partial charge in [0.1, 0.15) is 6.33 Å². The summed E-state index contributed by atoms with van der Waals surface area (Å²) in [5.74, 6) is 0. The van der Waals surface area contributed by atoms with Crippen molar-refractivity contribution < 1.29 is 8.42 Å². The van der Waals surface area contributed by atoms with E-state index in [2.05, 4.69) is 15.0 Å². The van der Waals surface area contributed by atoms with E-state index in [9.17, 15) is 8.42 Å². The number of aryl methyl sites for hydroxylation is 1. The van der Waals surface area contributed by atoms with Gasteiger partial charge in [-0.15, -0.1) is 10.2 Å². The molecule has 18 heavy (non-hydrogen) atoms. The fourth-order valence-corrected chi connectivity index (χ4v) is 2.79. The predicted octanol–water partition coefficient (Wildman–Crippen LogP) is 1.24. The third kappa shape index (κ3) is 2.65. The lowest BCUT2D eigenvalue weighted by atomic mass is 10.2. The van der Waals surface area contributed by atoms with Crippen molar-refractivity contribution in [2.24, 2.45) is 0 Å². The number of aromatic nitrogens is 3. The van der Waals surface area contributed by atoms with Crippen molar-refractivity contribution in [1.82, 2.24) is 14.9 Å². The van der Waals surface area contributed by atoms with Crippen LogP contribution in [0.1, 0.15) is 5.56 Å². The minimum Gasteiger partial charge on any atom is -0.213 e. The van der Waals surface area contributed by atoms with E-state index in [1.165, 1.54) is 22.8 Å². The topological polar surface area (TPSA) is 76.9 Å². The van der Waals surface area contributed by atoms with Gasteiger partial charge in [-0.05, 0) is 25.3 Å². The summed E-state index contributed by atoms with van der Waals surface area (Å²) in [5, 5.41) is 7.90. The lowest BCUT2D eigenvalue weighted by Crippen LogP contribution is -2.23. The van der Waals surface area contributed by atoms with Crippen LogP contribution in [0.4, 0.5) is 0 Å². The number of hydrogen-bond acceptors (Lipinski definition) is 5. The fraction of sp³-hybridized carbons (Fsp3) is 0.200. The molecule has 0 amide bonds. The maximum atomic E-state index is 12.1. The van der Waals surface area contributed by atoms with E-state index in [1.807, 2.05) is 6.92 Å². The van der Waals surface area contributed by atoms with Crippen LogP contribution < -0.4 is 4.83 Å². The first-order valence-electron chi connectivity index (χ1n) is 5.06. The van der Waals surface area contributed by atoms with Crippen LogP contribution >= 0.6 is 11.8 Å². The summed E-state index contributed by atoms with van der Waals surface area (Å²) in [6, 6.07) is 6.61. The third-order valence-electron chi connectivity index (χ3n) is 2.25. The van der Waals surface area contributed by atoms with E-state index in [0.717, 1.165) is 5.56 Å². The molecule has 0 bridgehead atoms. The molecule has 0 aliphatic rings. The molecule has 2 aromatic rings. The van der Waals surface area contributed by atoms with E-state index in [1.54, 1.807) is 30.5 Å². The summed E-state index contributed by atoms with van der Waals surface area (Å²) in [5.41, 5.74) is 1.00. The van der Waals surface area contributed by atoms with Gasteiger partial charge in [0.15, 0.2) is 0 Å². The van der Waals surface area contributed by atoms with Gasteiger partial charge in [-0.25, -0.2) is 9.51 Å². The molecular weight excluding hydrogens is 272 g/mol. The fourth-order valence-electron chi connectivity index (χ4n) is 1.33. The van der Waals surface area contributed by atoms with Crippen molar-refractivity contribution in [2.75, 3.05) is 11.1 Å². The van der Waals surface area contributed by atoms with Crippen molar-refractivity contribution >= 4 is 21.8 Å². The number of sulfonamides is 1. The van der Waals surface area contributed by atoms with Crippen molar-refractivity contribution in [2.45, 2.75) is 17.0 Å². The minimum atomic E-state index is -3.61. The largest absolute Gasteiger partial charge is 0.275 e. The molecule has 0 spiro atoms. The molecule has 0 unspecified atom stereocenters. The second-order valence-electron chi connectivity index (χ2n) is 3.60. The Morgan fingerprint density at radius 2 is 1.94 bits per heavy atom. The van der Waals surface area contributed by atoms with E-state index in [-0.39, 0.29) is 4.90 Å². The Balaban J connectivity index is 2.30. The van der Waals surface area contributed by atoms with Crippen molar-refractivity contribution in [3.63, 3.8) is 0 Å². The molecular formula is C10H12N4O2S2. The molecule has 0 fully saturated rings. The molecule has 1 N–H and O–H groups in total. The van der Waals surface area contributed by atoms with Crippen LogP contribution in [0.25, 0.3) is 0 Å². The lowest BCUT2D eigenvalue weighted by Gasteiger charge is -2.09. The van der Waals surface area contributed by atoms with Gasteiger partial charge >= 0.3 is 0 Å². The molecule has 6 nitrogen and oxygen atoms in total. The Morgan fingerprint density at radius 3 is 2.56 bits per heavy atom. The van der Waals surface area contributed by atoms with Gasteiger partial charge in [-0.3, -0.25) is 0 Å². The molecule has 0 aliphatic carbocycles. The maximum Gasteiger partial charge on any atom is 0.275 e. The zero-order chi connectivity index (χ0) is 13.2. The number of thioether (sulfide) groups is 1.